The summed E-state index contributed by atoms with van der Waals surface area (Å²) in [6, 6.07) is 10.6. The van der Waals surface area contributed by atoms with Crippen LogP contribution in [0.4, 0.5) is 11.4 Å². The van der Waals surface area contributed by atoms with Crippen LogP contribution in [0.2, 0.25) is 10.0 Å². The van der Waals surface area contributed by atoms with Crippen LogP contribution in [0.5, 0.6) is 0 Å². The maximum absolute atomic E-state index is 12.7. The zero-order valence-electron chi connectivity index (χ0n) is 14.0. The van der Waals surface area contributed by atoms with Crippen LogP contribution in [-0.2, 0) is 9.59 Å². The normalized spacial score (nSPS) is 14.7. The molecule has 0 spiro atoms. The molecule has 0 unspecified atom stereocenters. The minimum atomic E-state index is -1.07. The van der Waals surface area contributed by atoms with Crippen molar-refractivity contribution in [1.29, 1.82) is 0 Å². The highest BCUT2D eigenvalue weighted by Gasteiger charge is 2.56. The summed E-state index contributed by atoms with van der Waals surface area (Å²) in [5.41, 5.74) is 2.17. The lowest BCUT2D eigenvalue weighted by molar-refractivity contribution is -0.131. The lowest BCUT2D eigenvalue weighted by Gasteiger charge is -2.17. The number of anilines is 2. The molecule has 0 atom stereocenters. The number of hydrogen-bond acceptors (Lipinski definition) is 2. The highest BCUT2D eigenvalue weighted by Crippen LogP contribution is 2.48. The second-order valence-electron chi connectivity index (χ2n) is 6.39. The number of carbonyl (C=O) groups is 2. The number of halogens is 2. The van der Waals surface area contributed by atoms with Gasteiger partial charge in [0.2, 0.25) is 11.8 Å². The molecule has 0 saturated heterocycles. The van der Waals surface area contributed by atoms with Gasteiger partial charge in [-0.1, -0.05) is 35.3 Å². The molecule has 6 heteroatoms. The summed E-state index contributed by atoms with van der Waals surface area (Å²) in [5.74, 6) is -0.694. The van der Waals surface area contributed by atoms with Crippen molar-refractivity contribution in [1.82, 2.24) is 0 Å². The van der Waals surface area contributed by atoms with E-state index in [4.69, 9.17) is 23.2 Å². The fourth-order valence-corrected chi connectivity index (χ4v) is 3.09. The monoisotopic (exact) mass is 376 g/mol. The van der Waals surface area contributed by atoms with Crippen molar-refractivity contribution in [3.05, 3.63) is 57.6 Å². The fourth-order valence-electron chi connectivity index (χ4n) is 2.60. The average Bonchev–Trinajstić information content (AvgIpc) is 3.36. The minimum absolute atomic E-state index is 0.309. The molecule has 2 aromatic carbocycles. The van der Waals surface area contributed by atoms with Gasteiger partial charge in [-0.2, -0.15) is 0 Å². The highest BCUT2D eigenvalue weighted by molar-refractivity contribution is 6.40. The molecule has 0 aliphatic heterocycles. The standard InChI is InChI=1S/C19H18Cl2N2O2/c1-11-6-7-13(10-12(11)2)22-17(24)19(8-9-19)18(25)23-16-14(20)4-3-5-15(16)21/h3-7,10H,8-9H2,1-2H3,(H,22,24)(H,23,25). The van der Waals surface area contributed by atoms with E-state index in [1.54, 1.807) is 18.2 Å². The van der Waals surface area contributed by atoms with Crippen molar-refractivity contribution < 1.29 is 9.59 Å². The van der Waals surface area contributed by atoms with E-state index in [-0.39, 0.29) is 11.8 Å². The van der Waals surface area contributed by atoms with Crippen LogP contribution >= 0.6 is 23.2 Å². The van der Waals surface area contributed by atoms with Gasteiger partial charge in [0.05, 0.1) is 15.7 Å². The van der Waals surface area contributed by atoms with Crippen molar-refractivity contribution in [2.45, 2.75) is 26.7 Å². The maximum atomic E-state index is 12.7. The Morgan fingerprint density at radius 3 is 2.08 bits per heavy atom. The van der Waals surface area contributed by atoms with Crippen LogP contribution in [0.15, 0.2) is 36.4 Å². The zero-order valence-corrected chi connectivity index (χ0v) is 15.5. The Kier molecular flexibility index (Phi) is 4.76. The molecule has 3 rings (SSSR count). The molecule has 1 fully saturated rings. The van der Waals surface area contributed by atoms with Gasteiger partial charge in [0, 0.05) is 5.69 Å². The quantitative estimate of drug-likeness (QED) is 0.740. The SMILES string of the molecule is Cc1ccc(NC(=O)C2(C(=O)Nc3c(Cl)cccc3Cl)CC2)cc1C. The number of aryl methyl sites for hydroxylation is 2. The Morgan fingerprint density at radius 2 is 1.52 bits per heavy atom. The Morgan fingerprint density at radius 1 is 0.920 bits per heavy atom. The van der Waals surface area contributed by atoms with Gasteiger partial charge in [-0.15, -0.1) is 0 Å². The highest BCUT2D eigenvalue weighted by atomic mass is 35.5. The first-order chi connectivity index (χ1) is 11.8. The number of rotatable bonds is 4. The van der Waals surface area contributed by atoms with Gasteiger partial charge in [-0.05, 0) is 62.1 Å². The third-order valence-electron chi connectivity index (χ3n) is 4.59. The summed E-state index contributed by atoms with van der Waals surface area (Å²) >= 11 is 12.2. The van der Waals surface area contributed by atoms with E-state index in [9.17, 15) is 9.59 Å². The number of carbonyl (C=O) groups excluding carboxylic acids is 2. The van der Waals surface area contributed by atoms with Crippen LogP contribution < -0.4 is 10.6 Å². The summed E-state index contributed by atoms with van der Waals surface area (Å²) in [5, 5.41) is 6.23. The molecular weight excluding hydrogens is 359 g/mol. The van der Waals surface area contributed by atoms with Crippen molar-refractivity contribution in [3.8, 4) is 0 Å². The van der Waals surface area contributed by atoms with E-state index in [2.05, 4.69) is 10.6 Å². The molecule has 0 aromatic heterocycles. The van der Waals surface area contributed by atoms with Gasteiger partial charge in [0.25, 0.3) is 0 Å². The number of nitrogens with one attached hydrogen (secondary N) is 2. The van der Waals surface area contributed by atoms with Crippen LogP contribution in [0, 0.1) is 19.3 Å². The Labute approximate surface area is 156 Å². The lowest BCUT2D eigenvalue weighted by atomic mass is 10.0. The van der Waals surface area contributed by atoms with E-state index in [1.165, 1.54) is 0 Å². The van der Waals surface area contributed by atoms with Gasteiger partial charge in [-0.3, -0.25) is 9.59 Å². The van der Waals surface area contributed by atoms with E-state index >= 15 is 0 Å². The van der Waals surface area contributed by atoms with Crippen molar-refractivity contribution >= 4 is 46.4 Å². The first-order valence-corrected chi connectivity index (χ1v) is 8.73. The lowest BCUT2D eigenvalue weighted by Crippen LogP contribution is -2.35. The molecule has 0 bridgehead atoms. The van der Waals surface area contributed by atoms with Gasteiger partial charge in [0.1, 0.15) is 5.41 Å². The predicted octanol–water partition coefficient (Wildman–Crippen LogP) is 4.97. The molecule has 130 valence electrons. The van der Waals surface area contributed by atoms with Gasteiger partial charge >= 0.3 is 0 Å². The van der Waals surface area contributed by atoms with Crippen LogP contribution in [-0.4, -0.2) is 11.8 Å². The van der Waals surface area contributed by atoms with E-state index in [0.717, 1.165) is 11.1 Å². The van der Waals surface area contributed by atoms with E-state index in [0.29, 0.717) is 34.3 Å². The molecule has 1 saturated carbocycles. The van der Waals surface area contributed by atoms with Gasteiger partial charge in [-0.25, -0.2) is 0 Å². The number of para-hydroxylation sites is 1. The van der Waals surface area contributed by atoms with Crippen molar-refractivity contribution in [2.24, 2.45) is 5.41 Å². The minimum Gasteiger partial charge on any atom is -0.325 e. The second-order valence-corrected chi connectivity index (χ2v) is 7.20. The van der Waals surface area contributed by atoms with E-state index < -0.39 is 5.41 Å². The number of hydrogen-bond donors (Lipinski definition) is 2. The first-order valence-electron chi connectivity index (χ1n) is 7.98. The number of amides is 2. The third-order valence-corrected chi connectivity index (χ3v) is 5.22. The van der Waals surface area contributed by atoms with E-state index in [1.807, 2.05) is 32.0 Å². The Hall–Kier alpha value is -2.04. The molecule has 4 nitrogen and oxygen atoms in total. The van der Waals surface area contributed by atoms with Crippen molar-refractivity contribution in [2.75, 3.05) is 10.6 Å². The molecule has 2 aromatic rings. The zero-order chi connectivity index (χ0) is 18.2. The smallest absolute Gasteiger partial charge is 0.240 e. The molecule has 2 N–H and O–H groups in total. The van der Waals surface area contributed by atoms with Crippen molar-refractivity contribution in [3.63, 3.8) is 0 Å². The van der Waals surface area contributed by atoms with Crippen LogP contribution in [0.1, 0.15) is 24.0 Å². The predicted molar refractivity (Wildman–Crippen MR) is 101 cm³/mol. The second kappa shape index (κ2) is 6.70. The summed E-state index contributed by atoms with van der Waals surface area (Å²) in [6.07, 6.45) is 0.995. The average molecular weight is 377 g/mol. The Bertz CT molecular complexity index is 840. The summed E-state index contributed by atoms with van der Waals surface area (Å²) in [6.45, 7) is 3.98. The van der Waals surface area contributed by atoms with Gasteiger partial charge in [0.15, 0.2) is 0 Å². The fraction of sp³-hybridized carbons (Fsp3) is 0.263. The molecule has 25 heavy (non-hydrogen) atoms. The molecule has 1 aliphatic carbocycles. The maximum Gasteiger partial charge on any atom is 0.240 e. The van der Waals surface area contributed by atoms with Crippen LogP contribution in [0.25, 0.3) is 0 Å². The summed E-state index contributed by atoms with van der Waals surface area (Å²) in [4.78, 5) is 25.3. The Balaban J connectivity index is 1.76. The topological polar surface area (TPSA) is 58.2 Å². The third kappa shape index (κ3) is 3.51. The molecule has 0 radical (unpaired) electrons. The summed E-state index contributed by atoms with van der Waals surface area (Å²) < 4.78 is 0. The molecule has 2 amide bonds. The molecular formula is C19H18Cl2N2O2. The van der Waals surface area contributed by atoms with Gasteiger partial charge < -0.3 is 10.6 Å². The largest absolute Gasteiger partial charge is 0.325 e. The molecule has 1 aliphatic rings. The summed E-state index contributed by atoms with van der Waals surface area (Å²) in [7, 11) is 0. The van der Waals surface area contributed by atoms with Crippen LogP contribution in [0.3, 0.4) is 0 Å². The molecule has 0 heterocycles. The number of benzene rings is 2. The first kappa shape index (κ1) is 17.8.